The average Bonchev–Trinajstić information content (AvgIpc) is 2.89. The summed E-state index contributed by atoms with van der Waals surface area (Å²) in [5.74, 6) is 1.07. The lowest BCUT2D eigenvalue weighted by Crippen LogP contribution is -1.89. The molecule has 2 N–H and O–H groups in total. The van der Waals surface area contributed by atoms with Gasteiger partial charge in [-0.05, 0) is 30.7 Å². The Hall–Kier alpha value is -2.75. The first-order valence-electron chi connectivity index (χ1n) is 6.65. The summed E-state index contributed by atoms with van der Waals surface area (Å²) in [6.45, 7) is 2.04. The van der Waals surface area contributed by atoms with Crippen molar-refractivity contribution in [3.63, 3.8) is 0 Å². The molecule has 4 nitrogen and oxygen atoms in total. The van der Waals surface area contributed by atoms with Crippen LogP contribution in [0.4, 0.5) is 5.88 Å². The SMILES string of the molecule is COc1cccc(-c2c(-c3cccc(C)c3)noc2N)c1. The number of aromatic nitrogens is 1. The lowest BCUT2D eigenvalue weighted by Gasteiger charge is -2.06. The summed E-state index contributed by atoms with van der Waals surface area (Å²) in [4.78, 5) is 0. The van der Waals surface area contributed by atoms with Gasteiger partial charge in [-0.3, -0.25) is 0 Å². The molecule has 0 bridgehead atoms. The molecule has 0 spiro atoms. The molecule has 0 radical (unpaired) electrons. The molecule has 21 heavy (non-hydrogen) atoms. The minimum atomic E-state index is 0.305. The summed E-state index contributed by atoms with van der Waals surface area (Å²) >= 11 is 0. The van der Waals surface area contributed by atoms with Gasteiger partial charge in [0, 0.05) is 5.56 Å². The van der Waals surface area contributed by atoms with E-state index in [-0.39, 0.29) is 0 Å². The zero-order valence-electron chi connectivity index (χ0n) is 12.0. The van der Waals surface area contributed by atoms with Gasteiger partial charge in [-0.2, -0.15) is 0 Å². The summed E-state index contributed by atoms with van der Waals surface area (Å²) in [6, 6.07) is 15.8. The molecular formula is C17H16N2O2. The Bertz CT molecular complexity index is 778. The fraction of sp³-hybridized carbons (Fsp3) is 0.118. The van der Waals surface area contributed by atoms with Crippen molar-refractivity contribution >= 4 is 5.88 Å². The van der Waals surface area contributed by atoms with E-state index < -0.39 is 0 Å². The Morgan fingerprint density at radius 2 is 1.81 bits per heavy atom. The van der Waals surface area contributed by atoms with Gasteiger partial charge in [0.1, 0.15) is 11.4 Å². The predicted octanol–water partition coefficient (Wildman–Crippen LogP) is 3.91. The first-order chi connectivity index (χ1) is 10.2. The number of hydrogen-bond donors (Lipinski definition) is 1. The third-order valence-electron chi connectivity index (χ3n) is 3.37. The first kappa shape index (κ1) is 13.2. The van der Waals surface area contributed by atoms with E-state index in [0.29, 0.717) is 5.88 Å². The van der Waals surface area contributed by atoms with Crippen molar-refractivity contribution in [3.8, 4) is 28.1 Å². The van der Waals surface area contributed by atoms with Crippen molar-refractivity contribution in [2.75, 3.05) is 12.8 Å². The number of benzene rings is 2. The monoisotopic (exact) mass is 280 g/mol. The third kappa shape index (κ3) is 2.48. The molecule has 0 aliphatic rings. The smallest absolute Gasteiger partial charge is 0.230 e. The Morgan fingerprint density at radius 3 is 2.57 bits per heavy atom. The van der Waals surface area contributed by atoms with Crippen molar-refractivity contribution in [1.82, 2.24) is 5.16 Å². The zero-order chi connectivity index (χ0) is 14.8. The predicted molar refractivity (Wildman–Crippen MR) is 83.1 cm³/mol. The summed E-state index contributed by atoms with van der Waals surface area (Å²) in [5.41, 5.74) is 10.6. The molecule has 0 saturated carbocycles. The van der Waals surface area contributed by atoms with Gasteiger partial charge in [-0.1, -0.05) is 41.1 Å². The molecule has 0 fully saturated rings. The van der Waals surface area contributed by atoms with Crippen molar-refractivity contribution in [1.29, 1.82) is 0 Å². The number of rotatable bonds is 3. The van der Waals surface area contributed by atoms with Crippen molar-refractivity contribution < 1.29 is 9.26 Å². The van der Waals surface area contributed by atoms with Crippen LogP contribution in [0.25, 0.3) is 22.4 Å². The number of ether oxygens (including phenoxy) is 1. The molecule has 0 unspecified atom stereocenters. The Balaban J connectivity index is 2.17. The summed E-state index contributed by atoms with van der Waals surface area (Å²) in [6.07, 6.45) is 0. The Kier molecular flexibility index (Phi) is 3.36. The maximum absolute atomic E-state index is 5.97. The number of methoxy groups -OCH3 is 1. The van der Waals surface area contributed by atoms with Crippen LogP contribution in [0, 0.1) is 6.92 Å². The second-order valence-electron chi connectivity index (χ2n) is 4.87. The van der Waals surface area contributed by atoms with Crippen molar-refractivity contribution in [3.05, 3.63) is 54.1 Å². The van der Waals surface area contributed by atoms with E-state index in [0.717, 1.165) is 33.7 Å². The highest BCUT2D eigenvalue weighted by Crippen LogP contribution is 2.37. The highest BCUT2D eigenvalue weighted by molar-refractivity contribution is 5.87. The second-order valence-corrected chi connectivity index (χ2v) is 4.87. The molecule has 0 aliphatic heterocycles. The van der Waals surface area contributed by atoms with E-state index in [4.69, 9.17) is 15.0 Å². The quantitative estimate of drug-likeness (QED) is 0.790. The van der Waals surface area contributed by atoms with Gasteiger partial charge in [0.05, 0.1) is 12.7 Å². The van der Waals surface area contributed by atoms with Gasteiger partial charge in [0.25, 0.3) is 0 Å². The molecule has 3 rings (SSSR count). The van der Waals surface area contributed by atoms with Gasteiger partial charge in [0.2, 0.25) is 5.88 Å². The maximum atomic E-state index is 5.97. The van der Waals surface area contributed by atoms with Gasteiger partial charge >= 0.3 is 0 Å². The zero-order valence-corrected chi connectivity index (χ0v) is 12.0. The maximum Gasteiger partial charge on any atom is 0.230 e. The number of aryl methyl sites for hydroxylation is 1. The lowest BCUT2D eigenvalue weighted by molar-refractivity contribution is 0.415. The van der Waals surface area contributed by atoms with Crippen molar-refractivity contribution in [2.45, 2.75) is 6.92 Å². The van der Waals surface area contributed by atoms with Gasteiger partial charge < -0.3 is 15.0 Å². The fourth-order valence-corrected chi connectivity index (χ4v) is 2.35. The van der Waals surface area contributed by atoms with E-state index in [2.05, 4.69) is 11.2 Å². The number of anilines is 1. The minimum Gasteiger partial charge on any atom is -0.497 e. The number of hydrogen-bond acceptors (Lipinski definition) is 4. The minimum absolute atomic E-state index is 0.305. The summed E-state index contributed by atoms with van der Waals surface area (Å²) in [5, 5.41) is 4.12. The topological polar surface area (TPSA) is 61.3 Å². The molecule has 0 amide bonds. The number of nitrogen functional groups attached to an aromatic ring is 1. The molecule has 0 saturated heterocycles. The molecule has 4 heteroatoms. The molecule has 3 aromatic rings. The van der Waals surface area contributed by atoms with Crippen LogP contribution in [0.3, 0.4) is 0 Å². The Labute approximate surface area is 123 Å². The Morgan fingerprint density at radius 1 is 1.05 bits per heavy atom. The summed E-state index contributed by atoms with van der Waals surface area (Å²) in [7, 11) is 1.64. The molecule has 2 aromatic carbocycles. The van der Waals surface area contributed by atoms with E-state index in [1.54, 1.807) is 7.11 Å². The number of nitrogens with zero attached hydrogens (tertiary/aromatic N) is 1. The molecule has 1 heterocycles. The summed E-state index contributed by atoms with van der Waals surface area (Å²) < 4.78 is 10.5. The van der Waals surface area contributed by atoms with E-state index in [1.165, 1.54) is 0 Å². The molecule has 0 aliphatic carbocycles. The van der Waals surface area contributed by atoms with E-state index in [1.807, 2.05) is 49.4 Å². The van der Waals surface area contributed by atoms with Crippen molar-refractivity contribution in [2.24, 2.45) is 0 Å². The molecule has 106 valence electrons. The lowest BCUT2D eigenvalue weighted by atomic mass is 10.00. The van der Waals surface area contributed by atoms with E-state index in [9.17, 15) is 0 Å². The van der Waals surface area contributed by atoms with Crippen LogP contribution in [0.15, 0.2) is 53.1 Å². The van der Waals surface area contributed by atoms with Gasteiger partial charge in [0.15, 0.2) is 0 Å². The van der Waals surface area contributed by atoms with Crippen LogP contribution in [0.5, 0.6) is 5.75 Å². The average molecular weight is 280 g/mol. The van der Waals surface area contributed by atoms with Crippen LogP contribution in [0.1, 0.15) is 5.56 Å². The second kappa shape index (κ2) is 5.32. The van der Waals surface area contributed by atoms with Crippen LogP contribution in [0.2, 0.25) is 0 Å². The molecular weight excluding hydrogens is 264 g/mol. The first-order valence-corrected chi connectivity index (χ1v) is 6.65. The normalized spacial score (nSPS) is 10.6. The van der Waals surface area contributed by atoms with Gasteiger partial charge in [-0.25, -0.2) is 0 Å². The van der Waals surface area contributed by atoms with E-state index >= 15 is 0 Å². The number of nitrogens with two attached hydrogens (primary N) is 1. The van der Waals surface area contributed by atoms with Crippen LogP contribution in [-0.2, 0) is 0 Å². The van der Waals surface area contributed by atoms with Crippen LogP contribution in [-0.4, -0.2) is 12.3 Å². The standard InChI is InChI=1S/C17H16N2O2/c1-11-5-3-7-13(9-11)16-15(17(18)21-19-16)12-6-4-8-14(10-12)20-2/h3-10H,18H2,1-2H3. The fourth-order valence-electron chi connectivity index (χ4n) is 2.35. The third-order valence-corrected chi connectivity index (χ3v) is 3.37. The molecule has 0 atom stereocenters. The van der Waals surface area contributed by atoms with Crippen LogP contribution >= 0.6 is 0 Å². The highest BCUT2D eigenvalue weighted by Gasteiger charge is 2.17. The molecule has 1 aromatic heterocycles. The highest BCUT2D eigenvalue weighted by atomic mass is 16.5. The van der Waals surface area contributed by atoms with Gasteiger partial charge in [-0.15, -0.1) is 0 Å². The largest absolute Gasteiger partial charge is 0.497 e. The van der Waals surface area contributed by atoms with Crippen LogP contribution < -0.4 is 10.5 Å².